The van der Waals surface area contributed by atoms with Crippen LogP contribution in [0, 0.1) is 11.3 Å². The molecule has 3 aromatic rings. The van der Waals surface area contributed by atoms with Gasteiger partial charge < -0.3 is 0 Å². The molecule has 0 saturated heterocycles. The van der Waals surface area contributed by atoms with E-state index in [1.165, 1.54) is 0 Å². The van der Waals surface area contributed by atoms with Crippen LogP contribution in [0.1, 0.15) is 5.69 Å². The van der Waals surface area contributed by atoms with Gasteiger partial charge in [-0.15, -0.1) is 11.3 Å². The molecule has 0 N–H and O–H groups in total. The number of halogens is 1. The SMILES string of the molecule is N#Cc1c(-c2cccs2)nc2c(Br)cccn12. The van der Waals surface area contributed by atoms with Crippen molar-refractivity contribution in [3.63, 3.8) is 0 Å². The molecule has 0 aliphatic heterocycles. The second-order valence-corrected chi connectivity index (χ2v) is 5.25. The van der Waals surface area contributed by atoms with Crippen LogP contribution >= 0.6 is 27.3 Å². The van der Waals surface area contributed by atoms with E-state index in [9.17, 15) is 5.26 Å². The number of thiophene rings is 1. The molecule has 0 fully saturated rings. The Labute approximate surface area is 110 Å². The highest BCUT2D eigenvalue weighted by Crippen LogP contribution is 2.29. The number of hydrogen-bond donors (Lipinski definition) is 0. The van der Waals surface area contributed by atoms with Crippen molar-refractivity contribution in [3.05, 3.63) is 46.0 Å². The molecule has 3 nitrogen and oxygen atoms in total. The highest BCUT2D eigenvalue weighted by molar-refractivity contribution is 9.10. The van der Waals surface area contributed by atoms with E-state index >= 15 is 0 Å². The fraction of sp³-hybridized carbons (Fsp3) is 0. The minimum Gasteiger partial charge on any atom is -0.290 e. The molecule has 0 aliphatic rings. The third kappa shape index (κ3) is 1.57. The van der Waals surface area contributed by atoms with E-state index in [2.05, 4.69) is 27.0 Å². The van der Waals surface area contributed by atoms with Gasteiger partial charge >= 0.3 is 0 Å². The van der Waals surface area contributed by atoms with Gasteiger partial charge in [-0.05, 0) is 39.5 Å². The maximum Gasteiger partial charge on any atom is 0.153 e. The first kappa shape index (κ1) is 10.5. The van der Waals surface area contributed by atoms with Gasteiger partial charge in [0.2, 0.25) is 0 Å². The molecule has 0 saturated carbocycles. The van der Waals surface area contributed by atoms with Crippen molar-refractivity contribution in [2.45, 2.75) is 0 Å². The number of pyridine rings is 1. The van der Waals surface area contributed by atoms with Crippen LogP contribution in [0.3, 0.4) is 0 Å². The van der Waals surface area contributed by atoms with Gasteiger partial charge in [-0.2, -0.15) is 5.26 Å². The van der Waals surface area contributed by atoms with E-state index in [1.807, 2.05) is 35.8 Å². The van der Waals surface area contributed by atoms with Gasteiger partial charge in [0.25, 0.3) is 0 Å². The normalized spacial score (nSPS) is 10.6. The van der Waals surface area contributed by atoms with E-state index in [1.54, 1.807) is 15.7 Å². The van der Waals surface area contributed by atoms with Gasteiger partial charge in [0.15, 0.2) is 11.3 Å². The topological polar surface area (TPSA) is 41.1 Å². The molecule has 0 radical (unpaired) electrons. The van der Waals surface area contributed by atoms with Crippen molar-refractivity contribution in [1.29, 1.82) is 5.26 Å². The number of rotatable bonds is 1. The Kier molecular flexibility index (Phi) is 2.46. The molecule has 0 spiro atoms. The molecular formula is C12H6BrN3S. The summed E-state index contributed by atoms with van der Waals surface area (Å²) in [5, 5.41) is 11.3. The Morgan fingerprint density at radius 2 is 2.24 bits per heavy atom. The lowest BCUT2D eigenvalue weighted by atomic mass is 10.3. The summed E-state index contributed by atoms with van der Waals surface area (Å²) in [6.45, 7) is 0. The Morgan fingerprint density at radius 1 is 1.35 bits per heavy atom. The highest BCUT2D eigenvalue weighted by Gasteiger charge is 2.15. The van der Waals surface area contributed by atoms with Gasteiger partial charge in [0.05, 0.1) is 9.35 Å². The molecule has 3 rings (SSSR count). The van der Waals surface area contributed by atoms with E-state index in [-0.39, 0.29) is 0 Å². The molecule has 3 heterocycles. The number of nitriles is 1. The Hall–Kier alpha value is -1.64. The number of imidazole rings is 1. The Morgan fingerprint density at radius 3 is 2.94 bits per heavy atom. The van der Waals surface area contributed by atoms with Crippen molar-refractivity contribution in [2.75, 3.05) is 0 Å². The summed E-state index contributed by atoms with van der Waals surface area (Å²) in [5.41, 5.74) is 2.09. The number of fused-ring (bicyclic) bond motifs is 1. The first-order chi connectivity index (χ1) is 8.31. The predicted octanol–water partition coefficient (Wildman–Crippen LogP) is 3.70. The van der Waals surface area contributed by atoms with E-state index in [0.29, 0.717) is 5.69 Å². The first-order valence-electron chi connectivity index (χ1n) is 4.92. The molecule has 0 aliphatic carbocycles. The minimum atomic E-state index is 0.573. The van der Waals surface area contributed by atoms with Crippen molar-refractivity contribution in [2.24, 2.45) is 0 Å². The molecule has 0 amide bonds. The molecule has 0 aromatic carbocycles. The average molecular weight is 304 g/mol. The Bertz CT molecular complexity index is 722. The van der Waals surface area contributed by atoms with Crippen LogP contribution in [0.15, 0.2) is 40.3 Å². The van der Waals surface area contributed by atoms with Gasteiger partial charge in [0, 0.05) is 6.20 Å². The Balaban J connectivity index is 2.41. The summed E-state index contributed by atoms with van der Waals surface area (Å²) in [5.74, 6) is 0. The lowest BCUT2D eigenvalue weighted by Crippen LogP contribution is -1.87. The summed E-state index contributed by atoms with van der Waals surface area (Å²) in [4.78, 5) is 5.54. The summed E-state index contributed by atoms with van der Waals surface area (Å²) < 4.78 is 2.69. The minimum absolute atomic E-state index is 0.573. The van der Waals surface area contributed by atoms with Crippen LogP contribution in [0.2, 0.25) is 0 Å². The zero-order valence-corrected chi connectivity index (χ0v) is 11.0. The first-order valence-corrected chi connectivity index (χ1v) is 6.59. The highest BCUT2D eigenvalue weighted by atomic mass is 79.9. The largest absolute Gasteiger partial charge is 0.290 e. The fourth-order valence-corrected chi connectivity index (χ4v) is 2.87. The summed E-state index contributed by atoms with van der Waals surface area (Å²) >= 11 is 5.03. The number of hydrogen-bond acceptors (Lipinski definition) is 3. The zero-order valence-electron chi connectivity index (χ0n) is 8.59. The molecule has 82 valence electrons. The van der Waals surface area contributed by atoms with Gasteiger partial charge in [-0.1, -0.05) is 6.07 Å². The zero-order chi connectivity index (χ0) is 11.8. The molecule has 3 aromatic heterocycles. The maximum absolute atomic E-state index is 9.27. The fourth-order valence-electron chi connectivity index (χ4n) is 1.73. The number of aromatic nitrogens is 2. The van der Waals surface area contributed by atoms with E-state index < -0.39 is 0 Å². The molecule has 0 bridgehead atoms. The van der Waals surface area contributed by atoms with Crippen molar-refractivity contribution in [3.8, 4) is 16.6 Å². The average Bonchev–Trinajstić information content (AvgIpc) is 2.95. The third-order valence-corrected chi connectivity index (χ3v) is 3.96. The maximum atomic E-state index is 9.27. The number of nitrogens with zero attached hydrogens (tertiary/aromatic N) is 3. The summed E-state index contributed by atoms with van der Waals surface area (Å²) in [6.07, 6.45) is 1.85. The molecule has 0 unspecified atom stereocenters. The monoisotopic (exact) mass is 303 g/mol. The third-order valence-electron chi connectivity index (χ3n) is 2.46. The lowest BCUT2D eigenvalue weighted by Gasteiger charge is -1.95. The molecule has 17 heavy (non-hydrogen) atoms. The lowest BCUT2D eigenvalue weighted by molar-refractivity contribution is 1.15. The van der Waals surface area contributed by atoms with E-state index in [0.717, 1.165) is 20.7 Å². The quantitative estimate of drug-likeness (QED) is 0.688. The van der Waals surface area contributed by atoms with Crippen LogP contribution in [-0.4, -0.2) is 9.38 Å². The van der Waals surface area contributed by atoms with Gasteiger partial charge in [-0.3, -0.25) is 4.40 Å². The van der Waals surface area contributed by atoms with Crippen LogP contribution in [-0.2, 0) is 0 Å². The van der Waals surface area contributed by atoms with E-state index in [4.69, 9.17) is 0 Å². The summed E-state index contributed by atoms with van der Waals surface area (Å²) in [7, 11) is 0. The second kappa shape index (κ2) is 3.99. The molecular weight excluding hydrogens is 298 g/mol. The smallest absolute Gasteiger partial charge is 0.153 e. The van der Waals surface area contributed by atoms with Crippen molar-refractivity contribution in [1.82, 2.24) is 9.38 Å². The van der Waals surface area contributed by atoms with Crippen LogP contribution in [0.4, 0.5) is 0 Å². The van der Waals surface area contributed by atoms with Gasteiger partial charge in [-0.25, -0.2) is 4.98 Å². The molecule has 5 heteroatoms. The van der Waals surface area contributed by atoms with Crippen molar-refractivity contribution >= 4 is 32.9 Å². The van der Waals surface area contributed by atoms with Crippen LogP contribution in [0.5, 0.6) is 0 Å². The standard InChI is InChI=1S/C12H6BrN3S/c13-8-3-1-5-16-9(7-14)11(15-12(8)16)10-4-2-6-17-10/h1-6H. The second-order valence-electron chi connectivity index (χ2n) is 3.45. The predicted molar refractivity (Wildman–Crippen MR) is 70.9 cm³/mol. The van der Waals surface area contributed by atoms with Crippen LogP contribution < -0.4 is 0 Å². The van der Waals surface area contributed by atoms with Crippen molar-refractivity contribution < 1.29 is 0 Å². The molecule has 0 atom stereocenters. The summed E-state index contributed by atoms with van der Waals surface area (Å²) in [6, 6.07) is 9.96. The van der Waals surface area contributed by atoms with Crippen LogP contribution in [0.25, 0.3) is 16.2 Å². The van der Waals surface area contributed by atoms with Gasteiger partial charge in [0.1, 0.15) is 11.8 Å².